The highest BCUT2D eigenvalue weighted by Crippen LogP contribution is 2.28. The second-order valence-corrected chi connectivity index (χ2v) is 7.28. The first-order valence-electron chi connectivity index (χ1n) is 8.47. The molecule has 3 heterocycles. The van der Waals surface area contributed by atoms with Gasteiger partial charge in [0.05, 0.1) is 11.9 Å². The molecule has 2 saturated heterocycles. The van der Waals surface area contributed by atoms with Gasteiger partial charge in [-0.25, -0.2) is 0 Å². The molecule has 1 N–H and O–H groups in total. The van der Waals surface area contributed by atoms with Gasteiger partial charge in [-0.05, 0) is 44.0 Å². The van der Waals surface area contributed by atoms with E-state index in [1.807, 2.05) is 18.3 Å². The van der Waals surface area contributed by atoms with Gasteiger partial charge in [0.25, 0.3) is 0 Å². The summed E-state index contributed by atoms with van der Waals surface area (Å²) < 4.78 is 0. The predicted octanol–water partition coefficient (Wildman–Crippen LogP) is 3.40. The molecule has 5 heteroatoms. The van der Waals surface area contributed by atoms with Crippen molar-refractivity contribution in [1.82, 2.24) is 20.0 Å². The Kier molecular flexibility index (Phi) is 4.14. The van der Waals surface area contributed by atoms with Crippen LogP contribution < -0.4 is 0 Å². The molecule has 2 fully saturated rings. The number of nitrogens with one attached hydrogen (secondary N) is 1. The molecule has 0 aliphatic carbocycles. The third kappa shape index (κ3) is 3.03. The second-order valence-electron chi connectivity index (χ2n) is 6.85. The Morgan fingerprint density at radius 2 is 2.09 bits per heavy atom. The van der Waals surface area contributed by atoms with E-state index in [2.05, 4.69) is 39.1 Å². The molecule has 2 aliphatic rings. The third-order valence-corrected chi connectivity index (χ3v) is 5.54. The second kappa shape index (κ2) is 6.27. The molecule has 0 bridgehead atoms. The van der Waals surface area contributed by atoms with E-state index >= 15 is 0 Å². The highest BCUT2D eigenvalue weighted by Gasteiger charge is 2.34. The maximum absolute atomic E-state index is 6.00. The van der Waals surface area contributed by atoms with Crippen LogP contribution in [0.4, 0.5) is 0 Å². The first-order valence-corrected chi connectivity index (χ1v) is 8.85. The van der Waals surface area contributed by atoms with Crippen LogP contribution in [0.5, 0.6) is 0 Å². The van der Waals surface area contributed by atoms with Gasteiger partial charge < -0.3 is 0 Å². The van der Waals surface area contributed by atoms with Crippen LogP contribution in [0.3, 0.4) is 0 Å². The summed E-state index contributed by atoms with van der Waals surface area (Å²) in [7, 11) is 0. The highest BCUT2D eigenvalue weighted by molar-refractivity contribution is 6.30. The minimum absolute atomic E-state index is 0.595. The van der Waals surface area contributed by atoms with Crippen LogP contribution in [0, 0.1) is 0 Å². The quantitative estimate of drug-likeness (QED) is 0.936. The number of halogens is 1. The zero-order valence-corrected chi connectivity index (χ0v) is 14.3. The zero-order valence-electron chi connectivity index (χ0n) is 13.5. The van der Waals surface area contributed by atoms with E-state index in [1.165, 1.54) is 38.0 Å². The average Bonchev–Trinajstić information content (AvgIpc) is 3.17. The largest absolute Gasteiger partial charge is 0.298 e. The molecule has 2 atom stereocenters. The van der Waals surface area contributed by atoms with Gasteiger partial charge in [0.1, 0.15) is 0 Å². The van der Waals surface area contributed by atoms with Gasteiger partial charge in [0.2, 0.25) is 0 Å². The Morgan fingerprint density at radius 1 is 1.26 bits per heavy atom. The van der Waals surface area contributed by atoms with Crippen molar-refractivity contribution in [3.05, 3.63) is 41.0 Å². The lowest BCUT2D eigenvalue weighted by molar-refractivity contribution is 0.0541. The van der Waals surface area contributed by atoms with Crippen molar-refractivity contribution >= 4 is 11.6 Å². The van der Waals surface area contributed by atoms with Crippen molar-refractivity contribution in [3.63, 3.8) is 0 Å². The third-order valence-electron chi connectivity index (χ3n) is 5.29. The van der Waals surface area contributed by atoms with E-state index in [9.17, 15) is 0 Å². The summed E-state index contributed by atoms with van der Waals surface area (Å²) in [6.45, 7) is 6.95. The molecule has 0 spiro atoms. The molecule has 0 unspecified atom stereocenters. The van der Waals surface area contributed by atoms with Crippen molar-refractivity contribution in [2.24, 2.45) is 0 Å². The molecule has 0 amide bonds. The number of fused-ring (bicyclic) bond motifs is 1. The molecule has 23 heavy (non-hydrogen) atoms. The number of aromatic nitrogens is 2. The van der Waals surface area contributed by atoms with Crippen LogP contribution >= 0.6 is 11.6 Å². The molecular weight excluding hydrogens is 308 g/mol. The molecule has 1 aromatic carbocycles. The number of piperazine rings is 1. The summed E-state index contributed by atoms with van der Waals surface area (Å²) in [4.78, 5) is 5.27. The Balaban J connectivity index is 1.53. The fraction of sp³-hybridized carbons (Fsp3) is 0.500. The smallest absolute Gasteiger partial charge is 0.0695 e. The molecule has 0 saturated carbocycles. The van der Waals surface area contributed by atoms with Crippen molar-refractivity contribution in [3.8, 4) is 11.3 Å². The standard InChI is InChI=1S/C18H23ClN4/c1-13-10-22-8-2-3-17(22)12-23(13)11-15-9-20-21-18(15)14-4-6-16(19)7-5-14/h4-7,9,13,17H,2-3,8,10-12H2,1H3,(H,20,21)/t13-,17+/m0/s1. The molecule has 4 nitrogen and oxygen atoms in total. The Labute approximate surface area is 142 Å². The van der Waals surface area contributed by atoms with Crippen molar-refractivity contribution < 1.29 is 0 Å². The summed E-state index contributed by atoms with van der Waals surface area (Å²) >= 11 is 6.00. The maximum atomic E-state index is 6.00. The Hall–Kier alpha value is -1.36. The van der Waals surface area contributed by atoms with Crippen molar-refractivity contribution in [1.29, 1.82) is 0 Å². The fourth-order valence-corrected chi connectivity index (χ4v) is 4.11. The minimum atomic E-state index is 0.595. The van der Waals surface area contributed by atoms with Gasteiger partial charge in [-0.15, -0.1) is 0 Å². The van der Waals surface area contributed by atoms with E-state index in [0.717, 1.165) is 28.9 Å². The van der Waals surface area contributed by atoms with Crippen molar-refractivity contribution in [2.75, 3.05) is 19.6 Å². The number of hydrogen-bond donors (Lipinski definition) is 1. The molecule has 4 rings (SSSR count). The predicted molar refractivity (Wildman–Crippen MR) is 93.5 cm³/mol. The summed E-state index contributed by atoms with van der Waals surface area (Å²) in [6.07, 6.45) is 4.67. The number of nitrogens with zero attached hydrogens (tertiary/aromatic N) is 3. The lowest BCUT2D eigenvalue weighted by atomic mass is 10.0. The molecule has 2 aliphatic heterocycles. The number of benzene rings is 1. The topological polar surface area (TPSA) is 35.2 Å². The maximum Gasteiger partial charge on any atom is 0.0695 e. The Bertz CT molecular complexity index is 666. The van der Waals surface area contributed by atoms with E-state index in [-0.39, 0.29) is 0 Å². The first kappa shape index (κ1) is 15.2. The molecule has 2 aromatic rings. The van der Waals surface area contributed by atoms with Crippen LogP contribution in [-0.2, 0) is 6.54 Å². The van der Waals surface area contributed by atoms with Gasteiger partial charge in [-0.2, -0.15) is 5.10 Å². The molecule has 122 valence electrons. The van der Waals surface area contributed by atoms with Gasteiger partial charge in [0.15, 0.2) is 0 Å². The Morgan fingerprint density at radius 3 is 2.91 bits per heavy atom. The SMILES string of the molecule is C[C@H]1CN2CCC[C@@H]2CN1Cc1cn[nH]c1-c1ccc(Cl)cc1. The van der Waals surface area contributed by atoms with Crippen molar-refractivity contribution in [2.45, 2.75) is 38.4 Å². The number of hydrogen-bond acceptors (Lipinski definition) is 3. The van der Waals surface area contributed by atoms with Crippen LogP contribution in [0.1, 0.15) is 25.3 Å². The molecular formula is C18H23ClN4. The van der Waals surface area contributed by atoms with E-state index in [4.69, 9.17) is 11.6 Å². The van der Waals surface area contributed by atoms with E-state index in [0.29, 0.717) is 6.04 Å². The lowest BCUT2D eigenvalue weighted by Gasteiger charge is -2.42. The summed E-state index contributed by atoms with van der Waals surface area (Å²) in [5, 5.41) is 8.21. The van der Waals surface area contributed by atoms with Gasteiger partial charge in [-0.1, -0.05) is 23.7 Å². The van der Waals surface area contributed by atoms with Crippen LogP contribution in [0.15, 0.2) is 30.5 Å². The number of aromatic amines is 1. The van der Waals surface area contributed by atoms with Gasteiger partial charge >= 0.3 is 0 Å². The molecule has 0 radical (unpaired) electrons. The lowest BCUT2D eigenvalue weighted by Crippen LogP contribution is -2.54. The van der Waals surface area contributed by atoms with Gasteiger partial charge in [-0.3, -0.25) is 14.9 Å². The van der Waals surface area contributed by atoms with E-state index in [1.54, 1.807) is 0 Å². The van der Waals surface area contributed by atoms with Crippen LogP contribution in [-0.4, -0.2) is 51.7 Å². The van der Waals surface area contributed by atoms with Gasteiger partial charge in [0, 0.05) is 42.3 Å². The summed E-state index contributed by atoms with van der Waals surface area (Å²) in [5.41, 5.74) is 3.53. The number of rotatable bonds is 3. The fourth-order valence-electron chi connectivity index (χ4n) is 3.98. The van der Waals surface area contributed by atoms with Crippen LogP contribution in [0.25, 0.3) is 11.3 Å². The van der Waals surface area contributed by atoms with E-state index < -0.39 is 0 Å². The monoisotopic (exact) mass is 330 g/mol. The highest BCUT2D eigenvalue weighted by atomic mass is 35.5. The first-order chi connectivity index (χ1) is 11.2. The minimum Gasteiger partial charge on any atom is -0.298 e. The van der Waals surface area contributed by atoms with Crippen LogP contribution in [0.2, 0.25) is 5.02 Å². The molecule has 1 aromatic heterocycles. The normalized spacial score (nSPS) is 25.7. The summed E-state index contributed by atoms with van der Waals surface area (Å²) in [5.74, 6) is 0. The zero-order chi connectivity index (χ0) is 15.8. The number of H-pyrrole nitrogens is 1. The average molecular weight is 331 g/mol. The summed E-state index contributed by atoms with van der Waals surface area (Å²) in [6, 6.07) is 9.31.